The first-order valence-electron chi connectivity index (χ1n) is 10.6. The van der Waals surface area contributed by atoms with Crippen molar-refractivity contribution >= 4 is 29.1 Å². The molecule has 2 N–H and O–H groups in total. The first-order valence-corrected chi connectivity index (χ1v) is 11.0. The van der Waals surface area contributed by atoms with E-state index in [9.17, 15) is 4.79 Å². The molecule has 34 heavy (non-hydrogen) atoms. The van der Waals surface area contributed by atoms with E-state index in [2.05, 4.69) is 15.6 Å². The van der Waals surface area contributed by atoms with Crippen LogP contribution in [0, 0.1) is 0 Å². The minimum Gasteiger partial charge on any atom is -0.496 e. The van der Waals surface area contributed by atoms with Crippen LogP contribution in [0.4, 0.5) is 11.6 Å². The number of ether oxygens (including phenoxy) is 1. The Balaban J connectivity index is 1.64. The number of aromatic nitrogens is 4. The Morgan fingerprint density at radius 2 is 1.91 bits per heavy atom. The van der Waals surface area contributed by atoms with E-state index >= 15 is 0 Å². The number of amides is 1. The molecular formula is C25H21ClN6O2. The number of hydrogen-bond donors (Lipinski definition) is 2. The first kappa shape index (κ1) is 21.7. The summed E-state index contributed by atoms with van der Waals surface area (Å²) in [6, 6.07) is 17.9. The Bertz CT molecular complexity index is 1400. The Hall–Kier alpha value is -4.17. The van der Waals surface area contributed by atoms with Crippen molar-refractivity contribution < 1.29 is 9.53 Å². The first-order chi connectivity index (χ1) is 16.6. The normalized spacial score (nSPS) is 14.9. The van der Waals surface area contributed by atoms with Crippen LogP contribution in [0.15, 0.2) is 84.3 Å². The molecule has 9 heteroatoms. The third-order valence-corrected chi connectivity index (χ3v) is 5.91. The van der Waals surface area contributed by atoms with Gasteiger partial charge in [-0.25, -0.2) is 4.68 Å². The molecule has 0 aliphatic carbocycles. The van der Waals surface area contributed by atoms with Crippen LogP contribution in [0.5, 0.6) is 5.75 Å². The van der Waals surface area contributed by atoms with Gasteiger partial charge in [0.1, 0.15) is 11.8 Å². The van der Waals surface area contributed by atoms with Crippen molar-refractivity contribution in [2.45, 2.75) is 13.0 Å². The van der Waals surface area contributed by atoms with Gasteiger partial charge < -0.3 is 15.4 Å². The number of rotatable bonds is 5. The number of hydrogen-bond acceptors (Lipinski definition) is 6. The van der Waals surface area contributed by atoms with E-state index in [0.717, 1.165) is 11.1 Å². The highest BCUT2D eigenvalue weighted by Gasteiger charge is 2.35. The van der Waals surface area contributed by atoms with Crippen molar-refractivity contribution in [3.63, 3.8) is 0 Å². The number of carbonyl (C=O) groups is 1. The van der Waals surface area contributed by atoms with E-state index in [1.54, 1.807) is 42.4 Å². The molecule has 2 aromatic heterocycles. The molecule has 0 unspecified atom stereocenters. The number of anilines is 2. The fraction of sp³-hybridized carbons (Fsp3) is 0.120. The second kappa shape index (κ2) is 8.99. The van der Waals surface area contributed by atoms with Crippen LogP contribution >= 0.6 is 11.6 Å². The lowest BCUT2D eigenvalue weighted by Gasteiger charge is -2.29. The summed E-state index contributed by atoms with van der Waals surface area (Å²) < 4.78 is 7.19. The number of para-hydroxylation sites is 1. The molecule has 5 rings (SSSR count). The van der Waals surface area contributed by atoms with Crippen molar-refractivity contribution in [1.82, 2.24) is 19.7 Å². The molecule has 1 aliphatic heterocycles. The summed E-state index contributed by atoms with van der Waals surface area (Å²) in [5.74, 6) is 1.34. The maximum atomic E-state index is 13.5. The molecule has 0 radical (unpaired) electrons. The Morgan fingerprint density at radius 3 is 2.68 bits per heavy atom. The van der Waals surface area contributed by atoms with Crippen LogP contribution in [-0.2, 0) is 4.79 Å². The maximum Gasteiger partial charge on any atom is 0.255 e. The average Bonchev–Trinajstić information content (AvgIpc) is 3.27. The van der Waals surface area contributed by atoms with Gasteiger partial charge in [-0.2, -0.15) is 4.98 Å². The van der Waals surface area contributed by atoms with Crippen molar-refractivity contribution in [3.8, 4) is 17.1 Å². The molecule has 0 fully saturated rings. The lowest BCUT2D eigenvalue weighted by atomic mass is 9.95. The molecule has 0 saturated carbocycles. The molecule has 0 bridgehead atoms. The van der Waals surface area contributed by atoms with E-state index in [4.69, 9.17) is 26.4 Å². The van der Waals surface area contributed by atoms with Gasteiger partial charge in [0.15, 0.2) is 5.82 Å². The number of carbonyl (C=O) groups excluding carboxylic acids is 1. The number of nitrogens with one attached hydrogen (secondary N) is 2. The molecular weight excluding hydrogens is 452 g/mol. The number of benzene rings is 2. The number of nitrogens with zero attached hydrogens (tertiary/aromatic N) is 4. The molecule has 0 spiro atoms. The molecule has 0 saturated heterocycles. The number of fused-ring (bicyclic) bond motifs is 1. The minimum absolute atomic E-state index is 0.289. The second-order valence-electron chi connectivity index (χ2n) is 7.69. The minimum atomic E-state index is -0.599. The van der Waals surface area contributed by atoms with Crippen molar-refractivity contribution in [3.05, 3.63) is 94.9 Å². The highest BCUT2D eigenvalue weighted by atomic mass is 35.5. The van der Waals surface area contributed by atoms with Gasteiger partial charge in [0.2, 0.25) is 5.95 Å². The molecule has 1 amide bonds. The van der Waals surface area contributed by atoms with E-state index < -0.39 is 6.04 Å². The standard InChI is InChI=1S/C25H21ClN6O2/c1-15-21(24(33)29-16-8-7-13-27-14-16)22(17-9-3-5-11-19(17)26)32-25(28-15)30-23(31-32)18-10-4-6-12-20(18)34-2/h3-14,22H,1-2H3,(H,29,33)(H,28,30,31)/t22-/m0/s1. The Labute approximate surface area is 201 Å². The highest BCUT2D eigenvalue weighted by Crippen LogP contribution is 2.40. The topological polar surface area (TPSA) is 94.0 Å². The van der Waals surface area contributed by atoms with Gasteiger partial charge in [-0.15, -0.1) is 5.10 Å². The van der Waals surface area contributed by atoms with E-state index in [-0.39, 0.29) is 5.91 Å². The number of methoxy groups -OCH3 is 1. The van der Waals surface area contributed by atoms with Gasteiger partial charge in [0.25, 0.3) is 5.91 Å². The van der Waals surface area contributed by atoms with Crippen molar-refractivity contribution in [2.75, 3.05) is 17.7 Å². The molecule has 2 aromatic carbocycles. The van der Waals surface area contributed by atoms with Crippen molar-refractivity contribution in [2.24, 2.45) is 0 Å². The van der Waals surface area contributed by atoms with Crippen LogP contribution in [0.3, 0.4) is 0 Å². The van der Waals surface area contributed by atoms with Gasteiger partial charge in [-0.1, -0.05) is 41.9 Å². The summed E-state index contributed by atoms with van der Waals surface area (Å²) in [5, 5.41) is 11.5. The summed E-state index contributed by atoms with van der Waals surface area (Å²) >= 11 is 6.61. The average molecular weight is 473 g/mol. The zero-order valence-corrected chi connectivity index (χ0v) is 19.2. The third-order valence-electron chi connectivity index (χ3n) is 5.56. The Morgan fingerprint density at radius 1 is 1.12 bits per heavy atom. The van der Waals surface area contributed by atoms with Gasteiger partial charge in [0.05, 0.1) is 30.1 Å². The lowest BCUT2D eigenvalue weighted by Crippen LogP contribution is -2.31. The summed E-state index contributed by atoms with van der Waals surface area (Å²) in [7, 11) is 1.60. The molecule has 8 nitrogen and oxygen atoms in total. The fourth-order valence-electron chi connectivity index (χ4n) is 4.01. The molecule has 3 heterocycles. The predicted molar refractivity (Wildman–Crippen MR) is 131 cm³/mol. The van der Waals surface area contributed by atoms with Gasteiger partial charge >= 0.3 is 0 Å². The molecule has 1 atom stereocenters. The number of pyridine rings is 1. The summed E-state index contributed by atoms with van der Waals surface area (Å²) in [6.45, 7) is 1.84. The monoisotopic (exact) mass is 472 g/mol. The Kier molecular flexibility index (Phi) is 5.73. The van der Waals surface area contributed by atoms with Crippen LogP contribution < -0.4 is 15.4 Å². The van der Waals surface area contributed by atoms with Crippen molar-refractivity contribution in [1.29, 1.82) is 0 Å². The molecule has 4 aromatic rings. The predicted octanol–water partition coefficient (Wildman–Crippen LogP) is 4.93. The van der Waals surface area contributed by atoms with Crippen LogP contribution in [-0.4, -0.2) is 32.8 Å². The van der Waals surface area contributed by atoms with Gasteiger partial charge in [-0.3, -0.25) is 9.78 Å². The summed E-state index contributed by atoms with van der Waals surface area (Å²) in [4.78, 5) is 22.3. The molecule has 170 valence electrons. The van der Waals surface area contributed by atoms with Gasteiger partial charge in [-0.05, 0) is 37.3 Å². The summed E-state index contributed by atoms with van der Waals surface area (Å²) in [5.41, 5.74) is 3.19. The van der Waals surface area contributed by atoms with E-state index in [1.807, 2.05) is 49.4 Å². The SMILES string of the molecule is COc1ccccc1-c1nc2n(n1)[C@@H](c1ccccc1Cl)C(C(=O)Nc1cccnc1)=C(C)N2. The van der Waals surface area contributed by atoms with E-state index in [1.165, 1.54) is 0 Å². The third kappa shape index (κ3) is 3.88. The van der Waals surface area contributed by atoms with Crippen LogP contribution in [0.25, 0.3) is 11.4 Å². The zero-order valence-electron chi connectivity index (χ0n) is 18.5. The second-order valence-corrected chi connectivity index (χ2v) is 8.09. The largest absolute Gasteiger partial charge is 0.496 e. The van der Waals surface area contributed by atoms with Crippen LogP contribution in [0.2, 0.25) is 5.02 Å². The smallest absolute Gasteiger partial charge is 0.255 e. The number of halogens is 1. The zero-order chi connectivity index (χ0) is 23.7. The van der Waals surface area contributed by atoms with E-state index in [0.29, 0.717) is 39.5 Å². The quantitative estimate of drug-likeness (QED) is 0.427. The fourth-order valence-corrected chi connectivity index (χ4v) is 4.25. The van der Waals surface area contributed by atoms with Gasteiger partial charge in [0, 0.05) is 22.5 Å². The van der Waals surface area contributed by atoms with Crippen LogP contribution in [0.1, 0.15) is 18.5 Å². The number of allylic oxidation sites excluding steroid dienone is 1. The lowest BCUT2D eigenvalue weighted by molar-refractivity contribution is -0.113. The highest BCUT2D eigenvalue weighted by molar-refractivity contribution is 6.31. The molecule has 1 aliphatic rings. The summed E-state index contributed by atoms with van der Waals surface area (Å²) in [6.07, 6.45) is 3.24. The maximum absolute atomic E-state index is 13.5.